The van der Waals surface area contributed by atoms with Gasteiger partial charge < -0.3 is 10.1 Å². The summed E-state index contributed by atoms with van der Waals surface area (Å²) in [6.07, 6.45) is 6.94. The van der Waals surface area contributed by atoms with Gasteiger partial charge in [-0.2, -0.15) is 0 Å². The van der Waals surface area contributed by atoms with Crippen molar-refractivity contribution in [2.45, 2.75) is 43.9 Å². The monoisotopic (exact) mass is 172 g/mol. The van der Waals surface area contributed by atoms with Crippen molar-refractivity contribution >= 4 is 9.68 Å². The molecule has 3 N–H and O–H groups in total. The lowest BCUT2D eigenvalue weighted by Gasteiger charge is -2.17. The maximum Gasteiger partial charge on any atom is 0.250 e. The van der Waals surface area contributed by atoms with Gasteiger partial charge in [-0.25, -0.2) is 0 Å². The molecule has 11 heavy (non-hydrogen) atoms. The van der Waals surface area contributed by atoms with Crippen LogP contribution in [0.3, 0.4) is 0 Å². The van der Waals surface area contributed by atoms with Gasteiger partial charge in [0.15, 0.2) is 0 Å². The van der Waals surface area contributed by atoms with Gasteiger partial charge in [0.05, 0.1) is 12.2 Å². The molecule has 0 spiro atoms. The van der Waals surface area contributed by atoms with E-state index in [1.807, 2.05) is 0 Å². The van der Waals surface area contributed by atoms with Gasteiger partial charge in [-0.15, -0.1) is 0 Å². The minimum absolute atomic E-state index is 0.0749. The predicted octanol–water partition coefficient (Wildman–Crippen LogP) is -0.312. The molecule has 1 aliphatic heterocycles. The lowest BCUT2D eigenvalue weighted by Crippen LogP contribution is -2.53. The number of quaternary nitrogens is 1. The van der Waals surface area contributed by atoms with E-state index in [0.717, 1.165) is 5.92 Å². The molecule has 0 aromatic rings. The number of ether oxygens (including phenoxy) is 1. The van der Waals surface area contributed by atoms with Crippen LogP contribution in [0.25, 0.3) is 0 Å². The molecule has 0 radical (unpaired) electrons. The first-order chi connectivity index (χ1) is 5.40. The largest absolute Gasteiger partial charge is 0.421 e. The fourth-order valence-electron chi connectivity index (χ4n) is 2.18. The topological polar surface area (TPSA) is 40.2 Å². The molecule has 1 saturated heterocycles. The number of fused-ring (bicyclic) bond motifs is 1. The molecule has 1 saturated carbocycles. The van der Waals surface area contributed by atoms with Gasteiger partial charge in [0, 0.05) is 0 Å². The van der Waals surface area contributed by atoms with Gasteiger partial charge in [-0.3, -0.25) is 0 Å². The first-order valence-electron chi connectivity index (χ1n) is 4.85. The first kappa shape index (κ1) is 7.77. The van der Waals surface area contributed by atoms with Crippen LogP contribution in [0.4, 0.5) is 0 Å². The Balaban J connectivity index is 1.68. The maximum atomic E-state index is 5.48. The molecule has 2 rings (SSSR count). The fraction of sp³-hybridized carbons (Fsp3) is 1.00. The Kier molecular flexibility index (Phi) is 2.30. The third-order valence-electron chi connectivity index (χ3n) is 2.98. The zero-order valence-electron chi connectivity index (χ0n) is 7.09. The summed E-state index contributed by atoms with van der Waals surface area (Å²) in [5, 5.41) is 4.01. The lowest BCUT2D eigenvalue weighted by molar-refractivity contribution is -0.181. The zero-order valence-corrected chi connectivity index (χ0v) is 8.50. The van der Waals surface area contributed by atoms with E-state index in [4.69, 9.17) is 4.74 Å². The second-order valence-corrected chi connectivity index (χ2v) is 5.30. The van der Waals surface area contributed by atoms with Crippen LogP contribution in [0.1, 0.15) is 25.7 Å². The Morgan fingerprint density at radius 1 is 1.36 bits per heavy atom. The van der Waals surface area contributed by atoms with Crippen LogP contribution in [0, 0.1) is 5.92 Å². The standard InChI is InChI=1S/C8H18NOSi/c9-11-4-3-6-1-2-7-8(5-6)10-7/h6-8H,1-5,11H2,9H3/q+1. The summed E-state index contributed by atoms with van der Waals surface area (Å²) < 4.78 is 5.48. The molecular formula is C8H18NOSi+. The van der Waals surface area contributed by atoms with Crippen molar-refractivity contribution in [2.75, 3.05) is 0 Å². The van der Waals surface area contributed by atoms with Crippen molar-refractivity contribution in [3.8, 4) is 0 Å². The normalized spacial score (nSPS) is 42.8. The van der Waals surface area contributed by atoms with E-state index in [2.05, 4.69) is 5.40 Å². The van der Waals surface area contributed by atoms with Crippen molar-refractivity contribution in [3.63, 3.8) is 0 Å². The summed E-state index contributed by atoms with van der Waals surface area (Å²) >= 11 is 0. The van der Waals surface area contributed by atoms with E-state index in [0.29, 0.717) is 12.2 Å². The zero-order chi connectivity index (χ0) is 7.68. The van der Waals surface area contributed by atoms with E-state index in [-0.39, 0.29) is 9.68 Å². The third kappa shape index (κ3) is 1.83. The molecule has 2 aliphatic rings. The van der Waals surface area contributed by atoms with Crippen LogP contribution in [-0.4, -0.2) is 21.9 Å². The molecule has 0 aromatic heterocycles. The van der Waals surface area contributed by atoms with Crippen molar-refractivity contribution in [3.05, 3.63) is 0 Å². The molecule has 1 aliphatic carbocycles. The van der Waals surface area contributed by atoms with Crippen molar-refractivity contribution in [1.29, 1.82) is 0 Å². The Labute approximate surface area is 70.4 Å². The van der Waals surface area contributed by atoms with Gasteiger partial charge in [0.1, 0.15) is 0 Å². The highest BCUT2D eigenvalue weighted by molar-refractivity contribution is 6.22. The van der Waals surface area contributed by atoms with Gasteiger partial charge in [0.2, 0.25) is 9.68 Å². The molecule has 2 nitrogen and oxygen atoms in total. The second-order valence-electron chi connectivity index (χ2n) is 3.89. The minimum Gasteiger partial charge on any atom is -0.421 e. The fourth-order valence-corrected chi connectivity index (χ4v) is 3.05. The third-order valence-corrected chi connectivity index (χ3v) is 3.88. The minimum atomic E-state index is 0.0749. The lowest BCUT2D eigenvalue weighted by atomic mass is 9.88. The van der Waals surface area contributed by atoms with E-state index < -0.39 is 0 Å². The molecule has 3 unspecified atom stereocenters. The van der Waals surface area contributed by atoms with Crippen LogP contribution in [-0.2, 0) is 4.74 Å². The van der Waals surface area contributed by atoms with Crippen LogP contribution >= 0.6 is 0 Å². The average Bonchev–Trinajstić information content (AvgIpc) is 2.78. The Bertz CT molecular complexity index is 142. The summed E-state index contributed by atoms with van der Waals surface area (Å²) in [6, 6.07) is 1.45. The highest BCUT2D eigenvalue weighted by atomic mass is 28.2. The first-order valence-corrected chi connectivity index (χ1v) is 6.85. The van der Waals surface area contributed by atoms with Crippen molar-refractivity contribution < 1.29 is 10.1 Å². The van der Waals surface area contributed by atoms with Crippen LogP contribution in [0.5, 0.6) is 0 Å². The van der Waals surface area contributed by atoms with Gasteiger partial charge in [0.25, 0.3) is 0 Å². The quantitative estimate of drug-likeness (QED) is 0.460. The highest BCUT2D eigenvalue weighted by Gasteiger charge is 2.43. The summed E-state index contributed by atoms with van der Waals surface area (Å²) in [4.78, 5) is 0. The highest BCUT2D eigenvalue weighted by Crippen LogP contribution is 2.40. The number of hydrogen-bond acceptors (Lipinski definition) is 1. The molecule has 0 bridgehead atoms. The molecule has 1 heterocycles. The Morgan fingerprint density at radius 3 is 3.00 bits per heavy atom. The average molecular weight is 172 g/mol. The molecule has 2 fully saturated rings. The van der Waals surface area contributed by atoms with Crippen LogP contribution in [0.15, 0.2) is 0 Å². The molecule has 3 atom stereocenters. The van der Waals surface area contributed by atoms with Gasteiger partial charge in [-0.05, 0) is 37.6 Å². The summed E-state index contributed by atoms with van der Waals surface area (Å²) in [5.74, 6) is 0.994. The Hall–Kier alpha value is 0.137. The van der Waals surface area contributed by atoms with Crippen molar-refractivity contribution in [2.24, 2.45) is 5.92 Å². The van der Waals surface area contributed by atoms with E-state index in [1.54, 1.807) is 0 Å². The van der Waals surface area contributed by atoms with Crippen LogP contribution < -0.4 is 5.40 Å². The Morgan fingerprint density at radius 2 is 2.27 bits per heavy atom. The smallest absolute Gasteiger partial charge is 0.250 e. The summed E-state index contributed by atoms with van der Waals surface area (Å²) in [7, 11) is 0.0749. The van der Waals surface area contributed by atoms with E-state index in [1.165, 1.54) is 31.7 Å². The van der Waals surface area contributed by atoms with Gasteiger partial charge in [-0.1, -0.05) is 0 Å². The maximum absolute atomic E-state index is 5.48. The summed E-state index contributed by atoms with van der Waals surface area (Å²) in [5.41, 5.74) is 0. The van der Waals surface area contributed by atoms with E-state index in [9.17, 15) is 0 Å². The molecule has 0 amide bonds. The molecule has 3 heteroatoms. The number of epoxide rings is 1. The molecular weight excluding hydrogens is 154 g/mol. The van der Waals surface area contributed by atoms with Gasteiger partial charge >= 0.3 is 0 Å². The SMILES string of the molecule is [NH3+][SiH2]CCC1CCC2OC2C1. The summed E-state index contributed by atoms with van der Waals surface area (Å²) in [6.45, 7) is 0. The second kappa shape index (κ2) is 3.25. The molecule has 64 valence electrons. The molecule has 0 aromatic carbocycles. The predicted molar refractivity (Wildman–Crippen MR) is 46.9 cm³/mol. The van der Waals surface area contributed by atoms with E-state index >= 15 is 0 Å². The van der Waals surface area contributed by atoms with Crippen molar-refractivity contribution in [1.82, 2.24) is 0 Å². The number of hydrogen-bond donors (Lipinski definition) is 1. The number of rotatable bonds is 3. The van der Waals surface area contributed by atoms with Crippen LogP contribution in [0.2, 0.25) is 6.04 Å².